The summed E-state index contributed by atoms with van der Waals surface area (Å²) in [5, 5.41) is 0. The van der Waals surface area contributed by atoms with Gasteiger partial charge in [-0.2, -0.15) is 11.8 Å². The number of nitrogens with zero attached hydrogens (tertiary/aromatic N) is 1. The van der Waals surface area contributed by atoms with E-state index in [0.29, 0.717) is 18.7 Å². The minimum absolute atomic E-state index is 0.00599. The number of sulfone groups is 1. The number of ketones is 1. The standard InChI is InChI=1S/C18H15NO4S2/c20-17-13-3-1-2-4-15(13)25(22,23)16-11-12(5-6-14(16)17)18(21)19-7-9-24-10-8-19/h1-6,11H,7-10H2. The van der Waals surface area contributed by atoms with Gasteiger partial charge in [0.2, 0.25) is 9.84 Å². The predicted molar refractivity (Wildman–Crippen MR) is 95.0 cm³/mol. The highest BCUT2D eigenvalue weighted by molar-refractivity contribution is 7.99. The Labute approximate surface area is 149 Å². The summed E-state index contributed by atoms with van der Waals surface area (Å²) in [5.41, 5.74) is 0.619. The van der Waals surface area contributed by atoms with Gasteiger partial charge in [-0.3, -0.25) is 9.59 Å². The summed E-state index contributed by atoms with van der Waals surface area (Å²) in [6.45, 7) is 1.30. The molecule has 0 aromatic heterocycles. The fourth-order valence-corrected chi connectivity index (χ4v) is 5.75. The zero-order valence-electron chi connectivity index (χ0n) is 13.3. The zero-order chi connectivity index (χ0) is 17.6. The van der Waals surface area contributed by atoms with Crippen LogP contribution in [0, 0.1) is 0 Å². The van der Waals surface area contributed by atoms with E-state index in [9.17, 15) is 18.0 Å². The molecule has 2 aliphatic heterocycles. The highest BCUT2D eigenvalue weighted by Gasteiger charge is 2.35. The number of hydrogen-bond acceptors (Lipinski definition) is 5. The van der Waals surface area contributed by atoms with Gasteiger partial charge in [0.05, 0.1) is 9.79 Å². The monoisotopic (exact) mass is 373 g/mol. The number of benzene rings is 2. The number of hydrogen-bond donors (Lipinski definition) is 0. The fraction of sp³-hybridized carbons (Fsp3) is 0.222. The lowest BCUT2D eigenvalue weighted by molar-refractivity contribution is 0.0771. The molecule has 5 nitrogen and oxygen atoms in total. The molecular weight excluding hydrogens is 358 g/mol. The second kappa shape index (κ2) is 6.00. The summed E-state index contributed by atoms with van der Waals surface area (Å²) in [6.07, 6.45) is 0. The lowest BCUT2D eigenvalue weighted by atomic mass is 10.0. The lowest BCUT2D eigenvalue weighted by Gasteiger charge is -2.27. The van der Waals surface area contributed by atoms with Gasteiger partial charge in [-0.05, 0) is 30.3 Å². The number of rotatable bonds is 1. The molecule has 1 amide bonds. The van der Waals surface area contributed by atoms with Gasteiger partial charge in [0, 0.05) is 41.3 Å². The normalized spacial score (nSPS) is 18.4. The number of carbonyl (C=O) groups excluding carboxylic acids is 2. The molecule has 25 heavy (non-hydrogen) atoms. The van der Waals surface area contributed by atoms with Crippen molar-refractivity contribution < 1.29 is 18.0 Å². The summed E-state index contributed by atoms with van der Waals surface area (Å²) in [4.78, 5) is 26.9. The molecule has 0 aliphatic carbocycles. The highest BCUT2D eigenvalue weighted by Crippen LogP contribution is 2.35. The zero-order valence-corrected chi connectivity index (χ0v) is 14.9. The molecule has 7 heteroatoms. The van der Waals surface area contributed by atoms with E-state index in [2.05, 4.69) is 0 Å². The van der Waals surface area contributed by atoms with Gasteiger partial charge in [0.25, 0.3) is 5.91 Å². The first-order chi connectivity index (χ1) is 12.0. The van der Waals surface area contributed by atoms with E-state index in [-0.39, 0.29) is 32.6 Å². The van der Waals surface area contributed by atoms with Crippen molar-refractivity contribution in [1.29, 1.82) is 0 Å². The lowest BCUT2D eigenvalue weighted by Crippen LogP contribution is -2.38. The Balaban J connectivity index is 1.81. The Hall–Kier alpha value is -2.12. The first-order valence-electron chi connectivity index (χ1n) is 7.90. The molecular formula is C18H15NO4S2. The van der Waals surface area contributed by atoms with Gasteiger partial charge in [-0.1, -0.05) is 12.1 Å². The van der Waals surface area contributed by atoms with Gasteiger partial charge in [-0.25, -0.2) is 8.42 Å². The molecule has 0 saturated carbocycles. The molecule has 128 valence electrons. The molecule has 2 aromatic carbocycles. The average Bonchev–Trinajstić information content (AvgIpc) is 2.66. The van der Waals surface area contributed by atoms with E-state index in [1.165, 1.54) is 24.3 Å². The number of thioether (sulfide) groups is 1. The van der Waals surface area contributed by atoms with E-state index in [4.69, 9.17) is 0 Å². The van der Waals surface area contributed by atoms with E-state index >= 15 is 0 Å². The number of carbonyl (C=O) groups is 2. The Morgan fingerprint density at radius 3 is 2.40 bits per heavy atom. The first kappa shape index (κ1) is 16.4. The number of amides is 1. The molecule has 2 aromatic rings. The van der Waals surface area contributed by atoms with Crippen LogP contribution in [0.15, 0.2) is 52.3 Å². The van der Waals surface area contributed by atoms with E-state index in [1.54, 1.807) is 34.9 Å². The van der Waals surface area contributed by atoms with Crippen LogP contribution in [0.1, 0.15) is 26.3 Å². The number of fused-ring (bicyclic) bond motifs is 2. The van der Waals surface area contributed by atoms with Crippen LogP contribution < -0.4 is 0 Å². The van der Waals surface area contributed by atoms with Gasteiger partial charge in [-0.15, -0.1) is 0 Å². The summed E-state index contributed by atoms with van der Waals surface area (Å²) in [7, 11) is -3.82. The van der Waals surface area contributed by atoms with Crippen LogP contribution in [0.5, 0.6) is 0 Å². The van der Waals surface area contributed by atoms with Crippen LogP contribution in [0.3, 0.4) is 0 Å². The van der Waals surface area contributed by atoms with E-state index < -0.39 is 9.84 Å². The van der Waals surface area contributed by atoms with Crippen LogP contribution in [0.25, 0.3) is 0 Å². The Morgan fingerprint density at radius 1 is 0.960 bits per heavy atom. The molecule has 1 fully saturated rings. The van der Waals surface area contributed by atoms with Crippen molar-refractivity contribution in [2.45, 2.75) is 9.79 Å². The van der Waals surface area contributed by atoms with E-state index in [1.807, 2.05) is 0 Å². The van der Waals surface area contributed by atoms with E-state index in [0.717, 1.165) is 11.5 Å². The molecule has 1 saturated heterocycles. The molecule has 2 heterocycles. The van der Waals surface area contributed by atoms with Crippen LogP contribution in [-0.2, 0) is 9.84 Å². The molecule has 0 unspecified atom stereocenters. The SMILES string of the molecule is O=C1c2ccccc2S(=O)(=O)c2cc(C(=O)N3CCSCC3)ccc21. The molecule has 2 aliphatic rings. The Bertz CT molecular complexity index is 992. The minimum atomic E-state index is -3.82. The Kier molecular flexibility index (Phi) is 3.92. The highest BCUT2D eigenvalue weighted by atomic mass is 32.2. The predicted octanol–water partition coefficient (Wildman–Crippen LogP) is 2.25. The van der Waals surface area contributed by atoms with Crippen molar-refractivity contribution in [3.05, 3.63) is 59.2 Å². The summed E-state index contributed by atoms with van der Waals surface area (Å²) < 4.78 is 25.8. The second-order valence-corrected chi connectivity index (χ2v) is 9.06. The third-order valence-corrected chi connectivity index (χ3v) is 7.28. The van der Waals surface area contributed by atoms with Crippen LogP contribution in [0.4, 0.5) is 0 Å². The van der Waals surface area contributed by atoms with Gasteiger partial charge < -0.3 is 4.90 Å². The van der Waals surface area contributed by atoms with Gasteiger partial charge in [0.15, 0.2) is 5.78 Å². The third kappa shape index (κ3) is 2.58. The smallest absolute Gasteiger partial charge is 0.253 e. The second-order valence-electron chi connectivity index (χ2n) is 5.94. The van der Waals surface area contributed by atoms with Crippen LogP contribution >= 0.6 is 11.8 Å². The minimum Gasteiger partial charge on any atom is -0.337 e. The molecule has 0 bridgehead atoms. The van der Waals surface area contributed by atoms with Gasteiger partial charge >= 0.3 is 0 Å². The fourth-order valence-electron chi connectivity index (χ4n) is 3.17. The largest absolute Gasteiger partial charge is 0.337 e. The van der Waals surface area contributed by atoms with Crippen LogP contribution in [0.2, 0.25) is 0 Å². The first-order valence-corrected chi connectivity index (χ1v) is 10.5. The maximum absolute atomic E-state index is 12.9. The van der Waals surface area contributed by atoms with Crippen molar-refractivity contribution in [2.24, 2.45) is 0 Å². The summed E-state index contributed by atoms with van der Waals surface area (Å²) >= 11 is 1.79. The third-order valence-electron chi connectivity index (χ3n) is 4.48. The Morgan fingerprint density at radius 2 is 1.64 bits per heavy atom. The molecule has 0 N–H and O–H groups in total. The quantitative estimate of drug-likeness (QED) is 0.654. The molecule has 0 radical (unpaired) electrons. The maximum Gasteiger partial charge on any atom is 0.253 e. The summed E-state index contributed by atoms with van der Waals surface area (Å²) in [6, 6.07) is 10.5. The van der Waals surface area contributed by atoms with Crippen molar-refractivity contribution in [1.82, 2.24) is 4.90 Å². The molecule has 0 spiro atoms. The van der Waals surface area contributed by atoms with Crippen molar-refractivity contribution in [3.63, 3.8) is 0 Å². The average molecular weight is 373 g/mol. The maximum atomic E-state index is 12.9. The topological polar surface area (TPSA) is 71.5 Å². The molecule has 0 atom stereocenters. The van der Waals surface area contributed by atoms with Crippen LogP contribution in [-0.4, -0.2) is 49.6 Å². The van der Waals surface area contributed by atoms with Gasteiger partial charge in [0.1, 0.15) is 0 Å². The van der Waals surface area contributed by atoms with Crippen molar-refractivity contribution in [2.75, 3.05) is 24.6 Å². The molecule has 4 rings (SSSR count). The van der Waals surface area contributed by atoms with Crippen molar-refractivity contribution >= 4 is 33.3 Å². The van der Waals surface area contributed by atoms with Crippen molar-refractivity contribution in [3.8, 4) is 0 Å². The summed E-state index contributed by atoms with van der Waals surface area (Å²) in [5.74, 6) is 1.24.